The van der Waals surface area contributed by atoms with E-state index in [1.165, 1.54) is 4.90 Å². The summed E-state index contributed by atoms with van der Waals surface area (Å²) < 4.78 is 68.5. The van der Waals surface area contributed by atoms with Gasteiger partial charge >= 0.3 is 6.18 Å². The van der Waals surface area contributed by atoms with Crippen LogP contribution < -0.4 is 16.0 Å². The van der Waals surface area contributed by atoms with Gasteiger partial charge in [-0.25, -0.2) is 14.4 Å². The summed E-state index contributed by atoms with van der Waals surface area (Å²) >= 11 is 0. The predicted octanol–water partition coefficient (Wildman–Crippen LogP) is 2.52. The van der Waals surface area contributed by atoms with Gasteiger partial charge in [-0.2, -0.15) is 17.6 Å². The Morgan fingerprint density at radius 2 is 1.97 bits per heavy atom. The van der Waals surface area contributed by atoms with E-state index in [0.29, 0.717) is 31.9 Å². The van der Waals surface area contributed by atoms with Crippen LogP contribution in [0.3, 0.4) is 0 Å². The molecule has 2 atom stereocenters. The second-order valence-electron chi connectivity index (χ2n) is 9.22. The van der Waals surface area contributed by atoms with Crippen molar-refractivity contribution < 1.29 is 31.9 Å². The summed E-state index contributed by atoms with van der Waals surface area (Å²) in [5.41, 5.74) is 4.10. The van der Waals surface area contributed by atoms with Gasteiger partial charge < -0.3 is 21.1 Å². The molecule has 0 bridgehead atoms. The summed E-state index contributed by atoms with van der Waals surface area (Å²) in [5.74, 6) is -2.66. The van der Waals surface area contributed by atoms with Crippen LogP contribution in [-0.4, -0.2) is 64.2 Å². The number of β-amino-alcohol motifs (C(OH)–C–C–N with tert-alkyl or cyclic N) is 1. The lowest BCUT2D eigenvalue weighted by Gasteiger charge is -2.35. The first kappa shape index (κ1) is 26.0. The van der Waals surface area contributed by atoms with Crippen molar-refractivity contribution >= 4 is 17.5 Å². The molecule has 2 fully saturated rings. The molecule has 0 spiro atoms. The zero-order valence-electron chi connectivity index (χ0n) is 19.3. The Labute approximate surface area is 204 Å². The third kappa shape index (κ3) is 6.19. The molecule has 2 aliphatic rings. The zero-order chi connectivity index (χ0) is 26.0. The quantitative estimate of drug-likeness (QED) is 0.442. The highest BCUT2D eigenvalue weighted by Crippen LogP contribution is 2.36. The van der Waals surface area contributed by atoms with Crippen molar-refractivity contribution in [2.75, 3.05) is 36.4 Å². The van der Waals surface area contributed by atoms with Crippen molar-refractivity contribution in [1.29, 1.82) is 0 Å². The van der Waals surface area contributed by atoms with Gasteiger partial charge in [-0.15, -0.1) is 0 Å². The van der Waals surface area contributed by atoms with Gasteiger partial charge in [0.2, 0.25) is 11.7 Å². The van der Waals surface area contributed by atoms with E-state index in [-0.39, 0.29) is 55.3 Å². The molecule has 196 valence electrons. The van der Waals surface area contributed by atoms with Gasteiger partial charge in [-0.1, -0.05) is 6.07 Å². The molecule has 1 amide bonds. The molecule has 1 aromatic heterocycles. The number of rotatable bonds is 9. The maximum atomic E-state index is 15.4. The van der Waals surface area contributed by atoms with Crippen LogP contribution in [0, 0.1) is 17.6 Å². The minimum Gasteiger partial charge on any atom is -0.391 e. The molecule has 1 aromatic carbocycles. The van der Waals surface area contributed by atoms with Crippen LogP contribution in [0.2, 0.25) is 0 Å². The van der Waals surface area contributed by atoms with Crippen LogP contribution >= 0.6 is 0 Å². The van der Waals surface area contributed by atoms with Crippen molar-refractivity contribution in [2.24, 2.45) is 11.7 Å². The van der Waals surface area contributed by atoms with Gasteiger partial charge in [0.1, 0.15) is 12.1 Å². The van der Waals surface area contributed by atoms with Crippen molar-refractivity contribution in [3.05, 3.63) is 47.3 Å². The summed E-state index contributed by atoms with van der Waals surface area (Å²) in [7, 11) is 0. The van der Waals surface area contributed by atoms with Gasteiger partial charge in [0, 0.05) is 37.2 Å². The molecule has 2 heterocycles. The Balaban J connectivity index is 1.45. The predicted molar refractivity (Wildman–Crippen MR) is 121 cm³/mol. The van der Waals surface area contributed by atoms with Gasteiger partial charge in [-0.05, 0) is 37.9 Å². The first-order valence-electron chi connectivity index (χ1n) is 11.6. The third-order valence-corrected chi connectivity index (χ3v) is 6.47. The number of carbonyl (C=O) groups excluding carboxylic acids is 1. The third-order valence-electron chi connectivity index (χ3n) is 6.47. The molecule has 1 aliphatic carbocycles. The lowest BCUT2D eigenvalue weighted by molar-refractivity contribution is -0.137. The van der Waals surface area contributed by atoms with Gasteiger partial charge in [-0.3, -0.25) is 9.69 Å². The van der Waals surface area contributed by atoms with E-state index >= 15 is 4.39 Å². The number of hydrogen-bond acceptors (Lipinski definition) is 7. The fourth-order valence-corrected chi connectivity index (χ4v) is 4.36. The molecule has 1 saturated heterocycles. The first-order chi connectivity index (χ1) is 17.0. The lowest BCUT2D eigenvalue weighted by atomic mass is 9.93. The van der Waals surface area contributed by atoms with Crippen LogP contribution in [0.25, 0.3) is 0 Å². The highest BCUT2D eigenvalue weighted by atomic mass is 19.4. The number of nitrogens with zero attached hydrogens (tertiary/aromatic N) is 4. The molecular weight excluding hydrogens is 487 g/mol. The Bertz CT molecular complexity index is 1100. The largest absolute Gasteiger partial charge is 0.416 e. The van der Waals surface area contributed by atoms with E-state index in [1.54, 1.807) is 4.90 Å². The average molecular weight is 514 g/mol. The number of nitrogens with one attached hydrogen (secondary N) is 1. The van der Waals surface area contributed by atoms with E-state index in [9.17, 15) is 27.5 Å². The number of nitrogens with two attached hydrogens (primary N) is 1. The maximum Gasteiger partial charge on any atom is 0.416 e. The number of alkyl halides is 3. The molecule has 2 aromatic rings. The molecule has 2 unspecified atom stereocenters. The SMILES string of the molecule is NC(=O)CN1CCC(CNc2ncnc(N(Cc3ccc(C(F)(F)F)cc3F)C3CC3)c2F)C(O)C1. The number of benzene rings is 1. The van der Waals surface area contributed by atoms with E-state index in [0.717, 1.165) is 18.5 Å². The topological polar surface area (TPSA) is 108 Å². The standard InChI is InChI=1S/C23H27F5N6O2/c24-17-7-15(23(26,27)28)2-1-14(17)9-34(16-3-4-16)22-20(25)21(31-12-32-22)30-8-13-5-6-33(10-18(13)35)11-19(29)36/h1-2,7,12-13,16,18,35H,3-6,8-11H2,(H2,29,36)(H,30,31,32). The lowest BCUT2D eigenvalue weighted by Crippen LogP contribution is -2.48. The Hall–Kier alpha value is -3.06. The molecule has 8 nitrogen and oxygen atoms in total. The molecule has 1 saturated carbocycles. The van der Waals surface area contributed by atoms with Crippen molar-refractivity contribution in [2.45, 2.75) is 44.1 Å². The van der Waals surface area contributed by atoms with Crippen molar-refractivity contribution in [3.63, 3.8) is 0 Å². The van der Waals surface area contributed by atoms with Gasteiger partial charge in [0.25, 0.3) is 0 Å². The summed E-state index contributed by atoms with van der Waals surface area (Å²) in [4.78, 5) is 22.4. The van der Waals surface area contributed by atoms with Crippen LogP contribution in [0.1, 0.15) is 30.4 Å². The summed E-state index contributed by atoms with van der Waals surface area (Å²) in [6, 6.07) is 2.16. The molecular formula is C23H27F5N6O2. The molecule has 36 heavy (non-hydrogen) atoms. The number of aliphatic hydroxyl groups is 1. The molecule has 4 N–H and O–H groups in total. The van der Waals surface area contributed by atoms with Gasteiger partial charge in [0.05, 0.1) is 18.2 Å². The highest BCUT2D eigenvalue weighted by Gasteiger charge is 2.35. The summed E-state index contributed by atoms with van der Waals surface area (Å²) in [6.45, 7) is 0.936. The minimum atomic E-state index is -4.67. The smallest absolute Gasteiger partial charge is 0.391 e. The van der Waals surface area contributed by atoms with Crippen LogP contribution in [0.4, 0.5) is 33.6 Å². The number of hydrogen-bond donors (Lipinski definition) is 3. The average Bonchev–Trinajstić information content (AvgIpc) is 3.63. The fourth-order valence-electron chi connectivity index (χ4n) is 4.36. The number of likely N-dealkylation sites (tertiary alicyclic amines) is 1. The number of amides is 1. The van der Waals surface area contributed by atoms with Crippen molar-refractivity contribution in [1.82, 2.24) is 14.9 Å². The number of piperidine rings is 1. The summed E-state index contributed by atoms with van der Waals surface area (Å²) in [5, 5.41) is 13.3. The Kier molecular flexibility index (Phi) is 7.59. The molecule has 13 heteroatoms. The van der Waals surface area contributed by atoms with E-state index in [1.807, 2.05) is 0 Å². The molecule has 1 aliphatic heterocycles. The number of anilines is 2. The Morgan fingerprint density at radius 3 is 2.58 bits per heavy atom. The minimum absolute atomic E-state index is 0.00624. The van der Waals surface area contributed by atoms with E-state index < -0.39 is 35.4 Å². The van der Waals surface area contributed by atoms with E-state index in [4.69, 9.17) is 5.73 Å². The number of primary amides is 1. The molecule has 0 radical (unpaired) electrons. The second-order valence-corrected chi connectivity index (χ2v) is 9.22. The maximum absolute atomic E-state index is 15.4. The number of aromatic nitrogens is 2. The van der Waals surface area contributed by atoms with Gasteiger partial charge in [0.15, 0.2) is 11.6 Å². The van der Waals surface area contributed by atoms with Crippen LogP contribution in [-0.2, 0) is 17.5 Å². The Morgan fingerprint density at radius 1 is 1.22 bits per heavy atom. The number of aliphatic hydroxyl groups excluding tert-OH is 1. The number of halogens is 5. The van der Waals surface area contributed by atoms with Crippen LogP contribution in [0.5, 0.6) is 0 Å². The number of carbonyl (C=O) groups is 1. The highest BCUT2D eigenvalue weighted by molar-refractivity contribution is 5.75. The first-order valence-corrected chi connectivity index (χ1v) is 11.6. The summed E-state index contributed by atoms with van der Waals surface area (Å²) in [6.07, 6.45) is -2.27. The second kappa shape index (κ2) is 10.5. The van der Waals surface area contributed by atoms with E-state index in [2.05, 4.69) is 15.3 Å². The fraction of sp³-hybridized carbons (Fsp3) is 0.522. The normalized spacial score (nSPS) is 20.8. The van der Waals surface area contributed by atoms with Crippen LogP contribution in [0.15, 0.2) is 24.5 Å². The van der Waals surface area contributed by atoms with Crippen molar-refractivity contribution in [3.8, 4) is 0 Å². The zero-order valence-corrected chi connectivity index (χ0v) is 19.3. The monoisotopic (exact) mass is 514 g/mol. The molecule has 4 rings (SSSR count).